The van der Waals surface area contributed by atoms with Crippen molar-refractivity contribution in [2.45, 2.75) is 25.4 Å². The molecule has 1 N–H and O–H groups in total. The summed E-state index contributed by atoms with van der Waals surface area (Å²) >= 11 is 6.14. The minimum Gasteiger partial charge on any atom is -0.324 e. The zero-order valence-corrected chi connectivity index (χ0v) is 20.9. The second-order valence-electron chi connectivity index (χ2n) is 8.90. The fourth-order valence-corrected chi connectivity index (χ4v) is 4.67. The number of halogens is 2. The number of pyridine rings is 2. The van der Waals surface area contributed by atoms with Crippen LogP contribution in [0.3, 0.4) is 0 Å². The average molecular weight is 529 g/mol. The molecule has 0 spiro atoms. The van der Waals surface area contributed by atoms with Gasteiger partial charge in [-0.05, 0) is 65.7 Å². The molecule has 190 valence electrons. The van der Waals surface area contributed by atoms with Crippen LogP contribution in [-0.4, -0.2) is 38.5 Å². The molecule has 0 saturated heterocycles. The van der Waals surface area contributed by atoms with Crippen molar-refractivity contribution in [2.75, 3.05) is 5.32 Å². The van der Waals surface area contributed by atoms with Crippen LogP contribution in [0.2, 0.25) is 5.02 Å². The van der Waals surface area contributed by atoms with Gasteiger partial charge in [0.15, 0.2) is 5.78 Å². The number of aromatic nitrogens is 2. The van der Waals surface area contributed by atoms with E-state index in [2.05, 4.69) is 15.3 Å². The van der Waals surface area contributed by atoms with Crippen molar-refractivity contribution in [1.82, 2.24) is 14.9 Å². The normalized spacial score (nSPS) is 15.1. The van der Waals surface area contributed by atoms with Gasteiger partial charge >= 0.3 is 0 Å². The fourth-order valence-electron chi connectivity index (χ4n) is 4.47. The highest BCUT2D eigenvalue weighted by Crippen LogP contribution is 2.27. The Hall–Kier alpha value is -4.43. The summed E-state index contributed by atoms with van der Waals surface area (Å²) in [4.78, 5) is 49.5. The van der Waals surface area contributed by atoms with Crippen molar-refractivity contribution in [1.29, 1.82) is 0 Å². The highest BCUT2D eigenvalue weighted by molar-refractivity contribution is 6.30. The average Bonchev–Trinajstić information content (AvgIpc) is 2.99. The number of anilines is 1. The zero-order valence-electron chi connectivity index (χ0n) is 20.1. The van der Waals surface area contributed by atoms with E-state index in [9.17, 15) is 14.4 Å². The van der Waals surface area contributed by atoms with Gasteiger partial charge in [-0.3, -0.25) is 19.4 Å². The molecule has 0 unspecified atom stereocenters. The number of hydrogen-bond donors (Lipinski definition) is 1. The van der Waals surface area contributed by atoms with Gasteiger partial charge in [0.1, 0.15) is 11.6 Å². The van der Waals surface area contributed by atoms with Crippen LogP contribution in [0.1, 0.15) is 37.5 Å². The van der Waals surface area contributed by atoms with Crippen LogP contribution in [0.15, 0.2) is 85.2 Å². The van der Waals surface area contributed by atoms with Gasteiger partial charge in [-0.1, -0.05) is 29.8 Å². The summed E-state index contributed by atoms with van der Waals surface area (Å²) in [5.41, 5.74) is 1.84. The molecular formula is C29H22ClFN4O3. The highest BCUT2D eigenvalue weighted by Gasteiger charge is 2.36. The minimum absolute atomic E-state index is 0.0383. The van der Waals surface area contributed by atoms with Crippen molar-refractivity contribution in [2.24, 2.45) is 0 Å². The number of nitrogens with zero attached hydrogens (tertiary/aromatic N) is 3. The molecule has 0 aliphatic carbocycles. The van der Waals surface area contributed by atoms with Gasteiger partial charge in [0.2, 0.25) is 0 Å². The van der Waals surface area contributed by atoms with Gasteiger partial charge in [0.05, 0.1) is 11.6 Å². The number of carbonyl (C=O) groups excluding carboxylic acids is 3. The first kappa shape index (κ1) is 25.2. The van der Waals surface area contributed by atoms with Crippen LogP contribution in [0.5, 0.6) is 0 Å². The lowest BCUT2D eigenvalue weighted by Crippen LogP contribution is -2.45. The molecule has 0 radical (unpaired) electrons. The molecule has 0 bridgehead atoms. The van der Waals surface area contributed by atoms with E-state index in [-0.39, 0.29) is 36.6 Å². The van der Waals surface area contributed by atoms with Crippen LogP contribution in [0.25, 0.3) is 0 Å². The van der Waals surface area contributed by atoms with Crippen LogP contribution in [0.4, 0.5) is 10.2 Å². The smallest absolute Gasteiger partial charge is 0.259 e. The monoisotopic (exact) mass is 528 g/mol. The second-order valence-corrected chi connectivity index (χ2v) is 9.34. The van der Waals surface area contributed by atoms with Crippen molar-refractivity contribution in [3.63, 3.8) is 0 Å². The van der Waals surface area contributed by atoms with Crippen LogP contribution in [0, 0.1) is 5.82 Å². The number of nitrogens with one attached hydrogen (secondary N) is 1. The molecule has 7 nitrogen and oxygen atoms in total. The van der Waals surface area contributed by atoms with E-state index in [0.717, 1.165) is 0 Å². The number of benzene rings is 2. The number of hydrogen-bond acceptors (Lipinski definition) is 5. The zero-order chi connectivity index (χ0) is 26.6. The molecule has 9 heteroatoms. The Morgan fingerprint density at radius 2 is 1.79 bits per heavy atom. The van der Waals surface area contributed by atoms with Crippen LogP contribution >= 0.6 is 11.6 Å². The molecular weight excluding hydrogens is 507 g/mol. The summed E-state index contributed by atoms with van der Waals surface area (Å²) in [6.45, 7) is -0.0385. The lowest BCUT2D eigenvalue weighted by molar-refractivity contribution is -0.122. The van der Waals surface area contributed by atoms with E-state index in [1.165, 1.54) is 23.2 Å². The Morgan fingerprint density at radius 3 is 2.50 bits per heavy atom. The molecule has 38 heavy (non-hydrogen) atoms. The molecule has 2 amide bonds. The molecule has 1 aliphatic rings. The number of ketones is 1. The Balaban J connectivity index is 1.45. The quantitative estimate of drug-likeness (QED) is 0.384. The predicted octanol–water partition coefficient (Wildman–Crippen LogP) is 4.90. The Morgan fingerprint density at radius 1 is 1.00 bits per heavy atom. The summed E-state index contributed by atoms with van der Waals surface area (Å²) in [6.07, 6.45) is 3.39. The lowest BCUT2D eigenvalue weighted by atomic mass is 9.99. The number of rotatable bonds is 6. The molecule has 5 rings (SSSR count). The highest BCUT2D eigenvalue weighted by atomic mass is 35.5. The number of carbonyl (C=O) groups is 3. The number of amides is 2. The minimum atomic E-state index is -0.821. The van der Waals surface area contributed by atoms with E-state index in [1.807, 2.05) is 6.07 Å². The van der Waals surface area contributed by atoms with Gasteiger partial charge in [-0.15, -0.1) is 0 Å². The van der Waals surface area contributed by atoms with Crippen molar-refractivity contribution >= 4 is 35.0 Å². The van der Waals surface area contributed by atoms with Crippen molar-refractivity contribution in [3.8, 4) is 0 Å². The third-order valence-corrected chi connectivity index (χ3v) is 6.57. The maximum Gasteiger partial charge on any atom is 0.259 e. The molecule has 3 heterocycles. The molecule has 2 aromatic heterocycles. The third kappa shape index (κ3) is 5.45. The molecule has 4 aromatic rings. The Kier molecular flexibility index (Phi) is 7.24. The summed E-state index contributed by atoms with van der Waals surface area (Å²) in [6, 6.07) is 18.5. The molecule has 0 saturated carbocycles. The van der Waals surface area contributed by atoms with Gasteiger partial charge in [0, 0.05) is 48.1 Å². The summed E-state index contributed by atoms with van der Waals surface area (Å²) < 4.78 is 15.1. The first-order valence-electron chi connectivity index (χ1n) is 11.9. The number of Topliss-reactive ketones (excluding diaryl/α,β-unsaturated/α-hetero) is 1. The van der Waals surface area contributed by atoms with E-state index in [1.54, 1.807) is 60.8 Å². The largest absolute Gasteiger partial charge is 0.324 e. The Bertz CT molecular complexity index is 1520. The fraction of sp³-hybridized carbons (Fsp3) is 0.138. The number of fused-ring (bicyclic) bond motifs is 1. The molecule has 2 aromatic carbocycles. The van der Waals surface area contributed by atoms with Crippen LogP contribution in [-0.2, 0) is 24.2 Å². The lowest BCUT2D eigenvalue weighted by Gasteiger charge is -2.29. The predicted molar refractivity (Wildman–Crippen MR) is 140 cm³/mol. The first-order valence-corrected chi connectivity index (χ1v) is 12.3. The summed E-state index contributed by atoms with van der Waals surface area (Å²) in [5.74, 6) is -1.63. The van der Waals surface area contributed by atoms with Crippen molar-refractivity contribution in [3.05, 3.63) is 124 Å². The third-order valence-electron chi connectivity index (χ3n) is 6.34. The van der Waals surface area contributed by atoms with E-state index < -0.39 is 17.8 Å². The summed E-state index contributed by atoms with van der Waals surface area (Å²) in [7, 11) is 0. The maximum atomic E-state index is 15.1. The molecule has 1 atom stereocenters. The van der Waals surface area contributed by atoms with E-state index in [4.69, 9.17) is 11.6 Å². The SMILES string of the molecule is O=C(Nc1ccccn1)c1ccc(CN2C(=O)c3ccc(Cl)cc3CC(=O)[C@H]2Cc2ccccn2)cc1F. The topological polar surface area (TPSA) is 92.3 Å². The van der Waals surface area contributed by atoms with Crippen LogP contribution < -0.4 is 5.32 Å². The molecule has 0 fully saturated rings. The standard InChI is InChI=1S/C29H22ClFN4O3/c30-20-8-10-22-19(14-20)15-26(36)25(16-21-5-1-3-11-32-21)35(29(22)38)17-18-7-9-23(24(31)13-18)28(37)34-27-6-2-4-12-33-27/h1-14,25H,15-17H2,(H,33,34,37)/t25-/m1/s1. The second kappa shape index (κ2) is 10.9. The van der Waals surface area contributed by atoms with E-state index >= 15 is 4.39 Å². The van der Waals surface area contributed by atoms with Crippen molar-refractivity contribution < 1.29 is 18.8 Å². The van der Waals surface area contributed by atoms with Gasteiger partial charge in [-0.25, -0.2) is 9.37 Å². The first-order chi connectivity index (χ1) is 18.4. The van der Waals surface area contributed by atoms with Gasteiger partial charge in [-0.2, -0.15) is 0 Å². The van der Waals surface area contributed by atoms with E-state index in [0.29, 0.717) is 33.2 Å². The Labute approximate surface area is 223 Å². The maximum absolute atomic E-state index is 15.1. The van der Waals surface area contributed by atoms with Gasteiger partial charge in [0.25, 0.3) is 11.8 Å². The molecule has 1 aliphatic heterocycles. The van der Waals surface area contributed by atoms with Gasteiger partial charge < -0.3 is 10.2 Å². The summed E-state index contributed by atoms with van der Waals surface area (Å²) in [5, 5.41) is 2.99.